The Hall–Kier alpha value is -2.08. The molecule has 0 spiro atoms. The Morgan fingerprint density at radius 1 is 1.20 bits per heavy atom. The molecule has 0 fully saturated rings. The zero-order chi connectivity index (χ0) is 15.1. The van der Waals surface area contributed by atoms with Crippen molar-refractivity contribution in [3.8, 4) is 5.75 Å². The highest BCUT2D eigenvalue weighted by Gasteiger charge is 2.08. The van der Waals surface area contributed by atoms with Crippen molar-refractivity contribution in [1.82, 2.24) is 10.2 Å². The number of carbonyl (C=O) groups excluding carboxylic acids is 2. The Balaban J connectivity index is 2.48. The molecule has 0 unspecified atom stereocenters. The SMILES string of the molecule is CC(C)Oc1ccc(NC(=O)NC(=O)CN(C)C)cc1. The number of imide groups is 1. The summed E-state index contributed by atoms with van der Waals surface area (Å²) in [6.07, 6.45) is 0.0979. The van der Waals surface area contributed by atoms with E-state index < -0.39 is 6.03 Å². The van der Waals surface area contributed by atoms with Gasteiger partial charge in [0.15, 0.2) is 0 Å². The summed E-state index contributed by atoms with van der Waals surface area (Å²) in [5.74, 6) is 0.377. The van der Waals surface area contributed by atoms with E-state index in [0.29, 0.717) is 5.69 Å². The van der Waals surface area contributed by atoms with Crippen molar-refractivity contribution < 1.29 is 14.3 Å². The molecule has 3 amide bonds. The van der Waals surface area contributed by atoms with Crippen LogP contribution in [0, 0.1) is 0 Å². The molecular formula is C14H21N3O3. The molecule has 0 atom stereocenters. The zero-order valence-corrected chi connectivity index (χ0v) is 12.3. The van der Waals surface area contributed by atoms with Crippen molar-refractivity contribution in [2.45, 2.75) is 20.0 Å². The molecular weight excluding hydrogens is 258 g/mol. The summed E-state index contributed by atoms with van der Waals surface area (Å²) in [6, 6.07) is 6.41. The van der Waals surface area contributed by atoms with Gasteiger partial charge in [-0.1, -0.05) is 0 Å². The monoisotopic (exact) mass is 279 g/mol. The van der Waals surface area contributed by atoms with E-state index in [2.05, 4.69) is 10.6 Å². The van der Waals surface area contributed by atoms with E-state index in [1.807, 2.05) is 13.8 Å². The van der Waals surface area contributed by atoms with Crippen molar-refractivity contribution in [1.29, 1.82) is 0 Å². The Labute approximate surface area is 119 Å². The van der Waals surface area contributed by atoms with E-state index >= 15 is 0 Å². The number of likely N-dealkylation sites (N-methyl/N-ethyl adjacent to an activating group) is 1. The molecule has 1 rings (SSSR count). The fourth-order valence-electron chi connectivity index (χ4n) is 1.50. The summed E-state index contributed by atoms with van der Waals surface area (Å²) < 4.78 is 5.49. The number of rotatable bonds is 5. The first kappa shape index (κ1) is 16.0. The van der Waals surface area contributed by atoms with Gasteiger partial charge in [-0.2, -0.15) is 0 Å². The zero-order valence-electron chi connectivity index (χ0n) is 12.3. The Morgan fingerprint density at radius 2 is 1.80 bits per heavy atom. The Bertz CT molecular complexity index is 455. The normalized spacial score (nSPS) is 10.5. The van der Waals surface area contributed by atoms with Crippen molar-refractivity contribution in [2.75, 3.05) is 26.0 Å². The average Bonchev–Trinajstić information content (AvgIpc) is 2.29. The minimum absolute atomic E-state index is 0.0979. The summed E-state index contributed by atoms with van der Waals surface area (Å²) in [5, 5.41) is 4.83. The smallest absolute Gasteiger partial charge is 0.325 e. The number of urea groups is 1. The van der Waals surface area contributed by atoms with E-state index in [4.69, 9.17) is 4.74 Å². The van der Waals surface area contributed by atoms with E-state index in [0.717, 1.165) is 5.75 Å². The minimum atomic E-state index is -0.547. The lowest BCUT2D eigenvalue weighted by molar-refractivity contribution is -0.120. The van der Waals surface area contributed by atoms with Gasteiger partial charge in [0.2, 0.25) is 5.91 Å². The molecule has 20 heavy (non-hydrogen) atoms. The van der Waals surface area contributed by atoms with Crippen molar-refractivity contribution in [3.05, 3.63) is 24.3 Å². The third-order valence-corrected chi connectivity index (χ3v) is 2.20. The third-order valence-electron chi connectivity index (χ3n) is 2.20. The van der Waals surface area contributed by atoms with Crippen LogP contribution in [-0.4, -0.2) is 43.6 Å². The number of benzene rings is 1. The first-order valence-corrected chi connectivity index (χ1v) is 6.39. The van der Waals surface area contributed by atoms with E-state index in [9.17, 15) is 9.59 Å². The number of amides is 3. The second-order valence-corrected chi connectivity index (χ2v) is 4.93. The topological polar surface area (TPSA) is 70.7 Å². The van der Waals surface area contributed by atoms with Gasteiger partial charge in [0.25, 0.3) is 0 Å². The van der Waals surface area contributed by atoms with Crippen LogP contribution in [-0.2, 0) is 4.79 Å². The maximum atomic E-state index is 11.6. The average molecular weight is 279 g/mol. The molecule has 0 heterocycles. The molecule has 0 saturated carbocycles. The lowest BCUT2D eigenvalue weighted by Crippen LogP contribution is -2.39. The van der Waals surface area contributed by atoms with Gasteiger partial charge in [-0.05, 0) is 52.2 Å². The predicted molar refractivity (Wildman–Crippen MR) is 77.9 cm³/mol. The quantitative estimate of drug-likeness (QED) is 0.860. The summed E-state index contributed by atoms with van der Waals surface area (Å²) in [6.45, 7) is 4.04. The van der Waals surface area contributed by atoms with E-state index in [1.165, 1.54) is 0 Å². The molecule has 0 aliphatic carbocycles. The van der Waals surface area contributed by atoms with Crippen LogP contribution in [0.3, 0.4) is 0 Å². The Morgan fingerprint density at radius 3 is 2.30 bits per heavy atom. The van der Waals surface area contributed by atoms with Gasteiger partial charge < -0.3 is 15.0 Å². The van der Waals surface area contributed by atoms with Crippen molar-refractivity contribution in [3.63, 3.8) is 0 Å². The molecule has 1 aromatic carbocycles. The summed E-state index contributed by atoms with van der Waals surface area (Å²) in [4.78, 5) is 24.7. The minimum Gasteiger partial charge on any atom is -0.491 e. The van der Waals surface area contributed by atoms with Crippen LogP contribution in [0.5, 0.6) is 5.75 Å². The molecule has 6 heteroatoms. The molecule has 1 aromatic rings. The third kappa shape index (κ3) is 6.19. The van der Waals surface area contributed by atoms with Gasteiger partial charge in [0, 0.05) is 5.69 Å². The molecule has 0 aromatic heterocycles. The number of nitrogens with zero attached hydrogens (tertiary/aromatic N) is 1. The lowest BCUT2D eigenvalue weighted by Gasteiger charge is -2.12. The fourth-order valence-corrected chi connectivity index (χ4v) is 1.50. The highest BCUT2D eigenvalue weighted by atomic mass is 16.5. The van der Waals surface area contributed by atoms with Crippen LogP contribution in [0.2, 0.25) is 0 Å². The molecule has 2 N–H and O–H groups in total. The van der Waals surface area contributed by atoms with Gasteiger partial charge in [0.1, 0.15) is 5.75 Å². The molecule has 0 saturated heterocycles. The first-order valence-electron chi connectivity index (χ1n) is 6.39. The number of hydrogen-bond donors (Lipinski definition) is 2. The van der Waals surface area contributed by atoms with Gasteiger partial charge in [-0.15, -0.1) is 0 Å². The van der Waals surface area contributed by atoms with Crippen LogP contribution in [0.15, 0.2) is 24.3 Å². The van der Waals surface area contributed by atoms with Gasteiger partial charge in [-0.3, -0.25) is 10.1 Å². The van der Waals surface area contributed by atoms with Crippen LogP contribution >= 0.6 is 0 Å². The van der Waals surface area contributed by atoms with E-state index in [1.54, 1.807) is 43.3 Å². The van der Waals surface area contributed by atoms with Gasteiger partial charge >= 0.3 is 6.03 Å². The summed E-state index contributed by atoms with van der Waals surface area (Å²) in [7, 11) is 3.51. The largest absolute Gasteiger partial charge is 0.491 e. The molecule has 0 radical (unpaired) electrons. The standard InChI is InChI=1S/C14H21N3O3/c1-10(2)20-12-7-5-11(6-8-12)15-14(19)16-13(18)9-17(3)4/h5-8,10H,9H2,1-4H3,(H2,15,16,18,19). The number of nitrogens with one attached hydrogen (secondary N) is 2. The maximum absolute atomic E-state index is 11.6. The van der Waals surface area contributed by atoms with Crippen molar-refractivity contribution in [2.24, 2.45) is 0 Å². The number of anilines is 1. The first-order chi connectivity index (χ1) is 9.36. The highest BCUT2D eigenvalue weighted by molar-refractivity contribution is 6.01. The van der Waals surface area contributed by atoms with Crippen LogP contribution < -0.4 is 15.4 Å². The number of ether oxygens (including phenoxy) is 1. The molecule has 0 aliphatic heterocycles. The molecule has 0 bridgehead atoms. The van der Waals surface area contributed by atoms with Gasteiger partial charge in [-0.25, -0.2) is 4.79 Å². The Kier molecular flexibility index (Phi) is 5.99. The summed E-state index contributed by atoms with van der Waals surface area (Å²) in [5.41, 5.74) is 0.594. The molecule has 110 valence electrons. The van der Waals surface area contributed by atoms with Crippen LogP contribution in [0.1, 0.15) is 13.8 Å². The predicted octanol–water partition coefficient (Wildman–Crippen LogP) is 1.68. The number of hydrogen-bond acceptors (Lipinski definition) is 4. The second kappa shape index (κ2) is 7.49. The summed E-state index contributed by atoms with van der Waals surface area (Å²) >= 11 is 0. The number of carbonyl (C=O) groups is 2. The van der Waals surface area contributed by atoms with E-state index in [-0.39, 0.29) is 18.6 Å². The second-order valence-electron chi connectivity index (χ2n) is 4.93. The maximum Gasteiger partial charge on any atom is 0.325 e. The molecule has 0 aliphatic rings. The lowest BCUT2D eigenvalue weighted by atomic mass is 10.3. The van der Waals surface area contributed by atoms with Gasteiger partial charge in [0.05, 0.1) is 12.6 Å². The van der Waals surface area contributed by atoms with Crippen molar-refractivity contribution >= 4 is 17.6 Å². The fraction of sp³-hybridized carbons (Fsp3) is 0.429. The van der Waals surface area contributed by atoms with Crippen LogP contribution in [0.25, 0.3) is 0 Å². The van der Waals surface area contributed by atoms with Crippen LogP contribution in [0.4, 0.5) is 10.5 Å². The highest BCUT2D eigenvalue weighted by Crippen LogP contribution is 2.16. The molecule has 6 nitrogen and oxygen atoms in total.